The molecule has 16 heavy (non-hydrogen) atoms. The Labute approximate surface area is 100 Å². The zero-order valence-electron chi connectivity index (χ0n) is 10.9. The normalized spacial score (nSPS) is 19.6. The molecule has 2 nitrogen and oxygen atoms in total. The Balaban J connectivity index is 2.43. The summed E-state index contributed by atoms with van der Waals surface area (Å²) < 4.78 is 5.44. The first kappa shape index (κ1) is 13.7. The lowest BCUT2D eigenvalue weighted by atomic mass is 9.87. The lowest BCUT2D eigenvalue weighted by molar-refractivity contribution is 0.0537. The smallest absolute Gasteiger partial charge is 0.0469 e. The Morgan fingerprint density at radius 3 is 2.62 bits per heavy atom. The molecule has 0 spiro atoms. The second kappa shape index (κ2) is 7.86. The zero-order valence-corrected chi connectivity index (χ0v) is 10.9. The van der Waals surface area contributed by atoms with Crippen LogP contribution in [0, 0.1) is 5.92 Å². The molecule has 0 aromatic heterocycles. The second-order valence-electron chi connectivity index (χ2n) is 4.82. The highest BCUT2D eigenvalue weighted by atomic mass is 16.5. The average molecular weight is 225 g/mol. The highest BCUT2D eigenvalue weighted by Crippen LogP contribution is 2.23. The van der Waals surface area contributed by atoms with Crippen LogP contribution in [0.15, 0.2) is 12.2 Å². The van der Waals surface area contributed by atoms with Gasteiger partial charge in [0.1, 0.15) is 0 Å². The van der Waals surface area contributed by atoms with Gasteiger partial charge in [-0.2, -0.15) is 0 Å². The van der Waals surface area contributed by atoms with Crippen LogP contribution in [0.3, 0.4) is 0 Å². The van der Waals surface area contributed by atoms with E-state index in [9.17, 15) is 0 Å². The Morgan fingerprint density at radius 2 is 2.06 bits per heavy atom. The van der Waals surface area contributed by atoms with Crippen molar-refractivity contribution in [1.29, 1.82) is 0 Å². The highest BCUT2D eigenvalue weighted by Gasteiger charge is 2.23. The molecular formula is C14H27NO. The first-order valence-electron chi connectivity index (χ1n) is 6.75. The maximum absolute atomic E-state index is 5.44. The van der Waals surface area contributed by atoms with Gasteiger partial charge < -0.3 is 10.1 Å². The highest BCUT2D eigenvalue weighted by molar-refractivity contribution is 4.98. The summed E-state index contributed by atoms with van der Waals surface area (Å²) in [6, 6.07) is 0.622. The van der Waals surface area contributed by atoms with E-state index in [1.54, 1.807) is 0 Å². The van der Waals surface area contributed by atoms with Crippen molar-refractivity contribution in [1.82, 2.24) is 5.32 Å². The number of rotatable bonds is 7. The van der Waals surface area contributed by atoms with E-state index in [-0.39, 0.29) is 0 Å². The van der Waals surface area contributed by atoms with Crippen molar-refractivity contribution >= 4 is 0 Å². The van der Waals surface area contributed by atoms with Gasteiger partial charge in [0.15, 0.2) is 0 Å². The third-order valence-corrected chi connectivity index (χ3v) is 3.50. The largest absolute Gasteiger partial charge is 0.381 e. The van der Waals surface area contributed by atoms with E-state index in [2.05, 4.69) is 25.7 Å². The SMILES string of the molecule is C=C(CC)CC(NCCC)C1CCOCC1. The Bertz CT molecular complexity index is 197. The maximum Gasteiger partial charge on any atom is 0.0469 e. The van der Waals surface area contributed by atoms with Crippen LogP contribution < -0.4 is 5.32 Å². The molecule has 1 heterocycles. The maximum atomic E-state index is 5.44. The first-order valence-corrected chi connectivity index (χ1v) is 6.75. The number of hydrogen-bond acceptors (Lipinski definition) is 2. The summed E-state index contributed by atoms with van der Waals surface area (Å²) >= 11 is 0. The van der Waals surface area contributed by atoms with Crippen LogP contribution in [-0.2, 0) is 4.74 Å². The molecule has 1 N–H and O–H groups in total. The molecule has 1 rings (SSSR count). The predicted molar refractivity (Wildman–Crippen MR) is 69.7 cm³/mol. The van der Waals surface area contributed by atoms with Crippen molar-refractivity contribution in [2.45, 2.75) is 52.0 Å². The minimum Gasteiger partial charge on any atom is -0.381 e. The molecule has 0 saturated carbocycles. The van der Waals surface area contributed by atoms with Crippen LogP contribution >= 0.6 is 0 Å². The van der Waals surface area contributed by atoms with E-state index in [1.807, 2.05) is 0 Å². The molecule has 2 heteroatoms. The quantitative estimate of drug-likeness (QED) is 0.672. The van der Waals surface area contributed by atoms with Crippen molar-refractivity contribution in [3.63, 3.8) is 0 Å². The Kier molecular flexibility index (Phi) is 6.74. The van der Waals surface area contributed by atoms with Crippen LogP contribution in [0.2, 0.25) is 0 Å². The summed E-state index contributed by atoms with van der Waals surface area (Å²) in [4.78, 5) is 0. The zero-order chi connectivity index (χ0) is 11.8. The number of hydrogen-bond donors (Lipinski definition) is 1. The van der Waals surface area contributed by atoms with Crippen molar-refractivity contribution in [3.05, 3.63) is 12.2 Å². The fourth-order valence-corrected chi connectivity index (χ4v) is 2.31. The summed E-state index contributed by atoms with van der Waals surface area (Å²) in [6.07, 6.45) is 5.86. The van der Waals surface area contributed by atoms with E-state index < -0.39 is 0 Å². The molecule has 1 aliphatic rings. The first-order chi connectivity index (χ1) is 7.77. The van der Waals surface area contributed by atoms with Crippen LogP contribution in [0.5, 0.6) is 0 Å². The fourth-order valence-electron chi connectivity index (χ4n) is 2.31. The summed E-state index contributed by atoms with van der Waals surface area (Å²) in [5.74, 6) is 0.781. The second-order valence-corrected chi connectivity index (χ2v) is 4.82. The van der Waals surface area contributed by atoms with Crippen molar-refractivity contribution in [2.75, 3.05) is 19.8 Å². The lowest BCUT2D eigenvalue weighted by Crippen LogP contribution is -2.39. The summed E-state index contributed by atoms with van der Waals surface area (Å²) in [5.41, 5.74) is 1.38. The van der Waals surface area contributed by atoms with Crippen LogP contribution in [0.25, 0.3) is 0 Å². The molecule has 1 atom stereocenters. The van der Waals surface area contributed by atoms with Crippen LogP contribution in [0.4, 0.5) is 0 Å². The molecule has 0 radical (unpaired) electrons. The minimum atomic E-state index is 0.622. The van der Waals surface area contributed by atoms with E-state index in [4.69, 9.17) is 4.74 Å². The summed E-state index contributed by atoms with van der Waals surface area (Å²) in [5, 5.41) is 3.69. The van der Waals surface area contributed by atoms with Gasteiger partial charge in [0.2, 0.25) is 0 Å². The number of nitrogens with one attached hydrogen (secondary N) is 1. The Hall–Kier alpha value is -0.340. The average Bonchev–Trinajstić information content (AvgIpc) is 2.35. The summed E-state index contributed by atoms with van der Waals surface area (Å²) in [7, 11) is 0. The molecule has 0 aromatic rings. The molecule has 94 valence electrons. The molecule has 0 amide bonds. The van der Waals surface area contributed by atoms with E-state index >= 15 is 0 Å². The minimum absolute atomic E-state index is 0.622. The van der Waals surface area contributed by atoms with Crippen molar-refractivity contribution < 1.29 is 4.74 Å². The van der Waals surface area contributed by atoms with Crippen molar-refractivity contribution in [3.8, 4) is 0 Å². The lowest BCUT2D eigenvalue weighted by Gasteiger charge is -2.31. The standard InChI is InChI=1S/C14H27NO/c1-4-8-15-14(11-12(3)5-2)13-6-9-16-10-7-13/h13-15H,3-11H2,1-2H3. The van der Waals surface area contributed by atoms with E-state index in [1.165, 1.54) is 24.8 Å². The molecule has 0 bridgehead atoms. The molecule has 0 aromatic carbocycles. The third kappa shape index (κ3) is 4.67. The van der Waals surface area contributed by atoms with Gasteiger partial charge in [-0.1, -0.05) is 26.0 Å². The van der Waals surface area contributed by atoms with Crippen LogP contribution in [-0.4, -0.2) is 25.8 Å². The van der Waals surface area contributed by atoms with Gasteiger partial charge in [-0.05, 0) is 44.6 Å². The van der Waals surface area contributed by atoms with Gasteiger partial charge >= 0.3 is 0 Å². The Morgan fingerprint density at radius 1 is 1.38 bits per heavy atom. The van der Waals surface area contributed by atoms with Gasteiger partial charge in [0, 0.05) is 19.3 Å². The molecule has 1 aliphatic heterocycles. The summed E-state index contributed by atoms with van der Waals surface area (Å²) in [6.45, 7) is 11.6. The molecular weight excluding hydrogens is 198 g/mol. The molecule has 1 unspecified atom stereocenters. The fraction of sp³-hybridized carbons (Fsp3) is 0.857. The van der Waals surface area contributed by atoms with Gasteiger partial charge in [0.25, 0.3) is 0 Å². The van der Waals surface area contributed by atoms with Gasteiger partial charge in [-0.15, -0.1) is 0 Å². The molecule has 0 aliphatic carbocycles. The van der Waals surface area contributed by atoms with E-state index in [0.717, 1.165) is 38.5 Å². The van der Waals surface area contributed by atoms with Crippen LogP contribution in [0.1, 0.15) is 46.0 Å². The monoisotopic (exact) mass is 225 g/mol. The predicted octanol–water partition coefficient (Wildman–Crippen LogP) is 3.14. The van der Waals surface area contributed by atoms with Gasteiger partial charge in [-0.3, -0.25) is 0 Å². The number of ether oxygens (including phenoxy) is 1. The van der Waals surface area contributed by atoms with Gasteiger partial charge in [-0.25, -0.2) is 0 Å². The third-order valence-electron chi connectivity index (χ3n) is 3.50. The van der Waals surface area contributed by atoms with Gasteiger partial charge in [0.05, 0.1) is 0 Å². The van der Waals surface area contributed by atoms with Crippen molar-refractivity contribution in [2.24, 2.45) is 5.92 Å². The van der Waals surface area contributed by atoms with E-state index in [0.29, 0.717) is 6.04 Å². The molecule has 1 fully saturated rings. The topological polar surface area (TPSA) is 21.3 Å². The molecule has 1 saturated heterocycles.